The number of aliphatic hydroxyl groups excluding tert-OH is 1. The molecule has 0 aliphatic heterocycles. The van der Waals surface area contributed by atoms with E-state index in [1.165, 1.54) is 0 Å². The predicted molar refractivity (Wildman–Crippen MR) is 100 cm³/mol. The van der Waals surface area contributed by atoms with Crippen LogP contribution in [0.1, 0.15) is 18.9 Å². The Morgan fingerprint density at radius 2 is 2.15 bits per heavy atom. The standard InChI is InChI=1S/C17H26ClN3O6/c1-12-3-4-15(18)16(9-12)26-11-14(22)10-19-6-7-20-17(23)13(2)5-8-27-21(24)25/h3-4,9,13-14,19,22H,5-8,10-11H2,1-2H3,(H,20,23). The molecule has 1 rings (SSSR count). The van der Waals surface area contributed by atoms with Gasteiger partial charge in [-0.2, -0.15) is 0 Å². The molecule has 152 valence electrons. The van der Waals surface area contributed by atoms with E-state index in [4.69, 9.17) is 16.3 Å². The second-order valence-corrected chi connectivity index (χ2v) is 6.55. The first-order chi connectivity index (χ1) is 12.8. The van der Waals surface area contributed by atoms with Gasteiger partial charge in [0.1, 0.15) is 18.5 Å². The van der Waals surface area contributed by atoms with Crippen LogP contribution in [0, 0.1) is 23.0 Å². The van der Waals surface area contributed by atoms with Gasteiger partial charge in [0.15, 0.2) is 0 Å². The third-order valence-corrected chi connectivity index (χ3v) is 4.01. The molecule has 2 atom stereocenters. The molecular weight excluding hydrogens is 378 g/mol. The number of nitrogens with one attached hydrogen (secondary N) is 2. The fraction of sp³-hybridized carbons (Fsp3) is 0.588. The number of amides is 1. The minimum atomic E-state index is -0.878. The Bertz CT molecular complexity index is 616. The summed E-state index contributed by atoms with van der Waals surface area (Å²) in [7, 11) is 0. The van der Waals surface area contributed by atoms with Gasteiger partial charge in [0.25, 0.3) is 5.09 Å². The van der Waals surface area contributed by atoms with E-state index in [0.29, 0.717) is 30.4 Å². The molecule has 1 aromatic rings. The quantitative estimate of drug-likeness (QED) is 0.258. The summed E-state index contributed by atoms with van der Waals surface area (Å²) < 4.78 is 5.51. The molecule has 27 heavy (non-hydrogen) atoms. The van der Waals surface area contributed by atoms with Gasteiger partial charge in [-0.05, 0) is 31.0 Å². The van der Waals surface area contributed by atoms with Crippen LogP contribution in [0.2, 0.25) is 5.02 Å². The number of hydrogen-bond donors (Lipinski definition) is 3. The number of carbonyl (C=O) groups excluding carboxylic acids is 1. The van der Waals surface area contributed by atoms with Gasteiger partial charge in [-0.25, -0.2) is 0 Å². The number of aryl methyl sites for hydroxylation is 1. The summed E-state index contributed by atoms with van der Waals surface area (Å²) in [6, 6.07) is 5.41. The third-order valence-electron chi connectivity index (χ3n) is 3.69. The van der Waals surface area contributed by atoms with E-state index in [2.05, 4.69) is 15.5 Å². The van der Waals surface area contributed by atoms with Crippen LogP contribution in [0.3, 0.4) is 0 Å². The largest absolute Gasteiger partial charge is 0.489 e. The molecule has 0 radical (unpaired) electrons. The molecule has 1 aromatic carbocycles. The van der Waals surface area contributed by atoms with Crippen molar-refractivity contribution in [2.45, 2.75) is 26.4 Å². The highest BCUT2D eigenvalue weighted by Crippen LogP contribution is 2.25. The summed E-state index contributed by atoms with van der Waals surface area (Å²) in [5, 5.41) is 25.3. The maximum atomic E-state index is 11.8. The number of rotatable bonds is 13. The molecule has 9 nitrogen and oxygen atoms in total. The van der Waals surface area contributed by atoms with Crippen LogP contribution >= 0.6 is 11.6 Å². The minimum absolute atomic E-state index is 0.0933. The molecule has 0 fully saturated rings. The van der Waals surface area contributed by atoms with Gasteiger partial charge < -0.3 is 25.3 Å². The molecule has 0 aliphatic rings. The van der Waals surface area contributed by atoms with Crippen molar-refractivity contribution in [1.29, 1.82) is 0 Å². The summed E-state index contributed by atoms with van der Waals surface area (Å²) in [5.41, 5.74) is 1.01. The van der Waals surface area contributed by atoms with Crippen molar-refractivity contribution in [1.82, 2.24) is 10.6 Å². The molecular formula is C17H26ClN3O6. The molecule has 3 N–H and O–H groups in total. The fourth-order valence-electron chi connectivity index (χ4n) is 2.12. The van der Waals surface area contributed by atoms with Gasteiger partial charge in [0.2, 0.25) is 5.91 Å². The predicted octanol–water partition coefficient (Wildman–Crippen LogP) is 1.33. The van der Waals surface area contributed by atoms with Crippen molar-refractivity contribution < 1.29 is 24.6 Å². The van der Waals surface area contributed by atoms with Crippen molar-refractivity contribution in [3.05, 3.63) is 38.9 Å². The molecule has 0 bridgehead atoms. The van der Waals surface area contributed by atoms with Crippen LogP contribution in [0.5, 0.6) is 5.75 Å². The first-order valence-corrected chi connectivity index (χ1v) is 9.00. The van der Waals surface area contributed by atoms with Crippen LogP contribution in [0.4, 0.5) is 0 Å². The van der Waals surface area contributed by atoms with E-state index in [1.54, 1.807) is 19.1 Å². The molecule has 10 heteroatoms. The van der Waals surface area contributed by atoms with Crippen molar-refractivity contribution in [3.63, 3.8) is 0 Å². The minimum Gasteiger partial charge on any atom is -0.489 e. The first kappa shape index (κ1) is 22.9. The molecule has 0 spiro atoms. The van der Waals surface area contributed by atoms with Gasteiger partial charge in [0, 0.05) is 25.6 Å². The molecule has 1 amide bonds. The van der Waals surface area contributed by atoms with Gasteiger partial charge >= 0.3 is 0 Å². The highest BCUT2D eigenvalue weighted by atomic mass is 35.5. The highest BCUT2D eigenvalue weighted by molar-refractivity contribution is 6.32. The fourth-order valence-corrected chi connectivity index (χ4v) is 2.29. The summed E-state index contributed by atoms with van der Waals surface area (Å²) >= 11 is 6.02. The van der Waals surface area contributed by atoms with E-state index >= 15 is 0 Å². The van der Waals surface area contributed by atoms with Crippen molar-refractivity contribution >= 4 is 17.5 Å². The van der Waals surface area contributed by atoms with Gasteiger partial charge in [-0.3, -0.25) is 4.79 Å². The zero-order valence-electron chi connectivity index (χ0n) is 15.4. The van der Waals surface area contributed by atoms with E-state index < -0.39 is 11.2 Å². The number of benzene rings is 1. The molecule has 0 aromatic heterocycles. The number of hydrogen-bond acceptors (Lipinski definition) is 7. The normalized spacial score (nSPS) is 12.9. The summed E-state index contributed by atoms with van der Waals surface area (Å²) in [4.78, 5) is 26.0. The summed E-state index contributed by atoms with van der Waals surface area (Å²) in [5.74, 6) is -0.0669. The van der Waals surface area contributed by atoms with Crippen molar-refractivity contribution in [2.24, 2.45) is 5.92 Å². The Morgan fingerprint density at radius 1 is 1.41 bits per heavy atom. The van der Waals surface area contributed by atoms with Crippen LogP contribution in [0.25, 0.3) is 0 Å². The number of nitrogens with zero attached hydrogens (tertiary/aromatic N) is 1. The zero-order chi connectivity index (χ0) is 20.2. The van der Waals surface area contributed by atoms with Crippen molar-refractivity contribution in [3.8, 4) is 5.75 Å². The van der Waals surface area contributed by atoms with Gasteiger partial charge in [-0.15, -0.1) is 10.1 Å². The smallest absolute Gasteiger partial charge is 0.294 e. The number of carbonyl (C=O) groups is 1. The zero-order valence-corrected chi connectivity index (χ0v) is 16.2. The lowest BCUT2D eigenvalue weighted by Crippen LogP contribution is -2.38. The number of aliphatic hydroxyl groups is 1. The Kier molecular flexibility index (Phi) is 10.5. The maximum absolute atomic E-state index is 11.8. The average Bonchev–Trinajstić information content (AvgIpc) is 2.61. The molecule has 2 unspecified atom stereocenters. The topological polar surface area (TPSA) is 123 Å². The highest BCUT2D eigenvalue weighted by Gasteiger charge is 2.13. The Balaban J connectivity index is 2.12. The molecule has 0 heterocycles. The van der Waals surface area contributed by atoms with Crippen molar-refractivity contribution in [2.75, 3.05) is 32.8 Å². The third kappa shape index (κ3) is 9.97. The van der Waals surface area contributed by atoms with Crippen LogP contribution in [-0.2, 0) is 9.63 Å². The Labute approximate surface area is 163 Å². The summed E-state index contributed by atoms with van der Waals surface area (Å²) in [6.07, 6.45) is -0.465. The lowest BCUT2D eigenvalue weighted by molar-refractivity contribution is -0.758. The van der Waals surface area contributed by atoms with E-state index in [-0.39, 0.29) is 31.5 Å². The first-order valence-electron chi connectivity index (χ1n) is 8.62. The molecule has 0 saturated heterocycles. The van der Waals surface area contributed by atoms with Gasteiger partial charge in [-0.1, -0.05) is 24.6 Å². The van der Waals surface area contributed by atoms with E-state index in [9.17, 15) is 20.0 Å². The Morgan fingerprint density at radius 3 is 2.85 bits per heavy atom. The van der Waals surface area contributed by atoms with E-state index in [1.807, 2.05) is 13.0 Å². The van der Waals surface area contributed by atoms with E-state index in [0.717, 1.165) is 5.56 Å². The lowest BCUT2D eigenvalue weighted by atomic mass is 10.1. The maximum Gasteiger partial charge on any atom is 0.294 e. The molecule has 0 aliphatic carbocycles. The monoisotopic (exact) mass is 403 g/mol. The SMILES string of the molecule is Cc1ccc(Cl)c(OCC(O)CNCCNC(=O)C(C)CCO[N+](=O)[O-])c1. The Hall–Kier alpha value is -2.10. The summed E-state index contributed by atoms with van der Waals surface area (Å²) in [6.45, 7) is 4.70. The molecule has 0 saturated carbocycles. The number of halogens is 1. The lowest BCUT2D eigenvalue weighted by Gasteiger charge is -2.15. The second-order valence-electron chi connectivity index (χ2n) is 6.14. The van der Waals surface area contributed by atoms with Crippen LogP contribution in [-0.4, -0.2) is 55.1 Å². The van der Waals surface area contributed by atoms with Crippen LogP contribution < -0.4 is 15.4 Å². The average molecular weight is 404 g/mol. The van der Waals surface area contributed by atoms with Gasteiger partial charge in [0.05, 0.1) is 11.6 Å². The van der Waals surface area contributed by atoms with Crippen LogP contribution in [0.15, 0.2) is 18.2 Å². The second kappa shape index (κ2) is 12.3. The number of ether oxygens (including phenoxy) is 1.